The highest BCUT2D eigenvalue weighted by molar-refractivity contribution is 7.99. The van der Waals surface area contributed by atoms with E-state index in [1.807, 2.05) is 0 Å². The average Bonchev–Trinajstić information content (AvgIpc) is 2.61. The molecule has 1 heterocycles. The Balaban J connectivity index is 2.41. The maximum Gasteiger partial charge on any atom is 0.0616 e. The predicted molar refractivity (Wildman–Crippen MR) is 77.8 cm³/mol. The normalized spacial score (nSPS) is 29.1. The second-order valence-electron chi connectivity index (χ2n) is 5.60. The van der Waals surface area contributed by atoms with Gasteiger partial charge in [-0.3, -0.25) is 0 Å². The van der Waals surface area contributed by atoms with E-state index in [4.69, 9.17) is 4.74 Å². The second kappa shape index (κ2) is 7.65. The van der Waals surface area contributed by atoms with Crippen molar-refractivity contribution in [1.29, 1.82) is 0 Å². The summed E-state index contributed by atoms with van der Waals surface area (Å²) in [5.74, 6) is 3.23. The van der Waals surface area contributed by atoms with Crippen molar-refractivity contribution in [1.82, 2.24) is 5.32 Å². The van der Waals surface area contributed by atoms with Gasteiger partial charge in [0, 0.05) is 18.6 Å². The molecule has 0 aromatic heterocycles. The van der Waals surface area contributed by atoms with E-state index in [0.29, 0.717) is 11.5 Å². The molecule has 0 radical (unpaired) electrons. The lowest BCUT2D eigenvalue weighted by molar-refractivity contribution is 0.0613. The first-order valence-electron chi connectivity index (χ1n) is 7.01. The number of rotatable bonds is 8. The lowest BCUT2D eigenvalue weighted by Gasteiger charge is -2.33. The Morgan fingerprint density at radius 1 is 1.47 bits per heavy atom. The molecule has 0 aromatic carbocycles. The van der Waals surface area contributed by atoms with Gasteiger partial charge < -0.3 is 10.1 Å². The van der Waals surface area contributed by atoms with Crippen molar-refractivity contribution < 1.29 is 4.74 Å². The van der Waals surface area contributed by atoms with Crippen LogP contribution in [0.5, 0.6) is 0 Å². The minimum absolute atomic E-state index is 0.386. The van der Waals surface area contributed by atoms with Crippen molar-refractivity contribution in [2.45, 2.75) is 46.6 Å². The Kier molecular flexibility index (Phi) is 6.90. The maximum atomic E-state index is 5.81. The molecule has 2 nitrogen and oxygen atoms in total. The third kappa shape index (κ3) is 4.80. The monoisotopic (exact) mass is 259 g/mol. The molecular formula is C14H29NOS. The number of ether oxygens (including phenoxy) is 1. The van der Waals surface area contributed by atoms with Crippen LogP contribution >= 0.6 is 11.8 Å². The zero-order valence-corrected chi connectivity index (χ0v) is 12.7. The van der Waals surface area contributed by atoms with Gasteiger partial charge in [-0.25, -0.2) is 0 Å². The second-order valence-corrected chi connectivity index (χ2v) is 6.99. The first-order chi connectivity index (χ1) is 8.10. The van der Waals surface area contributed by atoms with Crippen LogP contribution in [0.1, 0.15) is 40.5 Å². The van der Waals surface area contributed by atoms with E-state index in [9.17, 15) is 0 Å². The van der Waals surface area contributed by atoms with Crippen LogP contribution in [0.3, 0.4) is 0 Å². The van der Waals surface area contributed by atoms with Crippen molar-refractivity contribution in [3.63, 3.8) is 0 Å². The number of thioether (sulfide) groups is 1. The van der Waals surface area contributed by atoms with E-state index in [-0.39, 0.29) is 0 Å². The Morgan fingerprint density at radius 2 is 2.24 bits per heavy atom. The molecule has 1 N–H and O–H groups in total. The largest absolute Gasteiger partial charge is 0.378 e. The summed E-state index contributed by atoms with van der Waals surface area (Å²) in [7, 11) is 0. The smallest absolute Gasteiger partial charge is 0.0616 e. The molecule has 0 spiro atoms. The third-order valence-corrected chi connectivity index (χ3v) is 4.71. The van der Waals surface area contributed by atoms with Gasteiger partial charge in [0.25, 0.3) is 0 Å². The Morgan fingerprint density at radius 3 is 2.76 bits per heavy atom. The zero-order chi connectivity index (χ0) is 12.7. The van der Waals surface area contributed by atoms with Gasteiger partial charge in [0.15, 0.2) is 0 Å². The predicted octanol–water partition coefficient (Wildman–Crippen LogP) is 3.17. The SMILES string of the molecule is CCSCCC1(CNCC(C)C)CCOC1C. The highest BCUT2D eigenvalue weighted by atomic mass is 32.2. The van der Waals surface area contributed by atoms with Gasteiger partial charge in [-0.15, -0.1) is 0 Å². The summed E-state index contributed by atoms with van der Waals surface area (Å²) in [6.07, 6.45) is 2.93. The Hall–Kier alpha value is 0.270. The zero-order valence-electron chi connectivity index (χ0n) is 11.9. The summed E-state index contributed by atoms with van der Waals surface area (Å²) in [6.45, 7) is 12.2. The third-order valence-electron chi connectivity index (χ3n) is 3.81. The van der Waals surface area contributed by atoms with E-state index in [2.05, 4.69) is 44.8 Å². The first kappa shape index (κ1) is 15.3. The summed E-state index contributed by atoms with van der Waals surface area (Å²) < 4.78 is 5.81. The minimum atomic E-state index is 0.386. The van der Waals surface area contributed by atoms with Crippen LogP contribution in [-0.2, 0) is 4.74 Å². The van der Waals surface area contributed by atoms with Crippen molar-refractivity contribution in [2.75, 3.05) is 31.2 Å². The number of hydrogen-bond donors (Lipinski definition) is 1. The van der Waals surface area contributed by atoms with Crippen LogP contribution in [-0.4, -0.2) is 37.3 Å². The lowest BCUT2D eigenvalue weighted by atomic mass is 9.79. The van der Waals surface area contributed by atoms with E-state index in [0.717, 1.165) is 25.6 Å². The van der Waals surface area contributed by atoms with Crippen LogP contribution in [0.25, 0.3) is 0 Å². The molecule has 0 bridgehead atoms. The molecule has 1 aliphatic heterocycles. The molecule has 1 fully saturated rings. The van der Waals surface area contributed by atoms with Crippen LogP contribution in [0.4, 0.5) is 0 Å². The number of nitrogens with one attached hydrogen (secondary N) is 1. The summed E-state index contributed by atoms with van der Waals surface area (Å²) in [5, 5.41) is 3.64. The summed E-state index contributed by atoms with van der Waals surface area (Å²) in [5.41, 5.74) is 0.386. The molecular weight excluding hydrogens is 230 g/mol. The Labute approximate surface area is 111 Å². The highest BCUT2D eigenvalue weighted by Crippen LogP contribution is 2.38. The van der Waals surface area contributed by atoms with Crippen LogP contribution in [0.15, 0.2) is 0 Å². The minimum Gasteiger partial charge on any atom is -0.378 e. The van der Waals surface area contributed by atoms with Gasteiger partial charge >= 0.3 is 0 Å². The molecule has 1 rings (SSSR count). The average molecular weight is 259 g/mol. The van der Waals surface area contributed by atoms with E-state index in [1.54, 1.807) is 0 Å². The number of hydrogen-bond acceptors (Lipinski definition) is 3. The fourth-order valence-corrected chi connectivity index (χ4v) is 3.34. The fourth-order valence-electron chi connectivity index (χ4n) is 2.50. The molecule has 2 unspecified atom stereocenters. The molecule has 102 valence electrons. The maximum absolute atomic E-state index is 5.81. The standard InChI is InChI=1S/C14H29NOS/c1-5-17-9-7-14(6-8-16-13(14)4)11-15-10-12(2)3/h12-13,15H,5-11H2,1-4H3. The first-order valence-corrected chi connectivity index (χ1v) is 8.16. The summed E-state index contributed by atoms with van der Waals surface area (Å²) >= 11 is 2.05. The molecule has 17 heavy (non-hydrogen) atoms. The van der Waals surface area contributed by atoms with Gasteiger partial charge in [-0.05, 0) is 43.7 Å². The van der Waals surface area contributed by atoms with E-state index in [1.165, 1.54) is 24.3 Å². The van der Waals surface area contributed by atoms with Gasteiger partial charge in [0.1, 0.15) is 0 Å². The van der Waals surface area contributed by atoms with Crippen LogP contribution < -0.4 is 5.32 Å². The molecule has 1 saturated heterocycles. The van der Waals surface area contributed by atoms with E-state index < -0.39 is 0 Å². The van der Waals surface area contributed by atoms with E-state index >= 15 is 0 Å². The van der Waals surface area contributed by atoms with Crippen molar-refractivity contribution in [3.05, 3.63) is 0 Å². The Bertz CT molecular complexity index is 210. The fraction of sp³-hybridized carbons (Fsp3) is 1.00. The molecule has 2 atom stereocenters. The van der Waals surface area contributed by atoms with Gasteiger partial charge in [-0.1, -0.05) is 20.8 Å². The van der Waals surface area contributed by atoms with Gasteiger partial charge in [0.2, 0.25) is 0 Å². The van der Waals surface area contributed by atoms with Crippen LogP contribution in [0.2, 0.25) is 0 Å². The molecule has 0 saturated carbocycles. The quantitative estimate of drug-likeness (QED) is 0.677. The molecule has 1 aliphatic rings. The summed E-state index contributed by atoms with van der Waals surface area (Å²) in [6, 6.07) is 0. The van der Waals surface area contributed by atoms with Crippen molar-refractivity contribution in [3.8, 4) is 0 Å². The van der Waals surface area contributed by atoms with Crippen molar-refractivity contribution >= 4 is 11.8 Å². The molecule has 3 heteroatoms. The highest BCUT2D eigenvalue weighted by Gasteiger charge is 2.40. The summed E-state index contributed by atoms with van der Waals surface area (Å²) in [4.78, 5) is 0. The van der Waals surface area contributed by atoms with Crippen molar-refractivity contribution in [2.24, 2.45) is 11.3 Å². The van der Waals surface area contributed by atoms with Crippen LogP contribution in [0, 0.1) is 11.3 Å². The molecule has 0 aromatic rings. The van der Waals surface area contributed by atoms with Gasteiger partial charge in [0.05, 0.1) is 6.10 Å². The molecule has 0 aliphatic carbocycles. The lowest BCUT2D eigenvalue weighted by Crippen LogP contribution is -2.41. The van der Waals surface area contributed by atoms with Gasteiger partial charge in [-0.2, -0.15) is 11.8 Å². The topological polar surface area (TPSA) is 21.3 Å². The molecule has 0 amide bonds.